The first-order valence-corrected chi connectivity index (χ1v) is 10.4. The van der Waals surface area contributed by atoms with Crippen LogP contribution in [0.2, 0.25) is 0 Å². The molecule has 2 heterocycles. The van der Waals surface area contributed by atoms with Crippen molar-refractivity contribution in [1.29, 1.82) is 5.41 Å². The quantitative estimate of drug-likeness (QED) is 0.443. The van der Waals surface area contributed by atoms with Crippen LogP contribution in [0.5, 0.6) is 5.75 Å². The molecule has 1 aromatic heterocycles. The largest absolute Gasteiger partial charge is 0.497 e. The molecule has 0 saturated carbocycles. The number of hydroxylamine groups is 2. The van der Waals surface area contributed by atoms with Crippen LogP contribution in [0.4, 0.5) is 5.82 Å². The van der Waals surface area contributed by atoms with Crippen molar-refractivity contribution >= 4 is 23.7 Å². The van der Waals surface area contributed by atoms with Gasteiger partial charge < -0.3 is 4.74 Å². The highest BCUT2D eigenvalue weighted by molar-refractivity contribution is 5.97. The highest BCUT2D eigenvalue weighted by Crippen LogP contribution is 2.25. The Bertz CT molecular complexity index is 1190. The number of aromatic nitrogens is 1. The average molecular weight is 458 g/mol. The SMILES string of the molecule is COc1ccc(CN(C(=N)N2OC(=O)C=CC(=O)O2)c2ncccc2Cc2ccccc2)cc1. The van der Waals surface area contributed by atoms with Gasteiger partial charge in [-0.05, 0) is 34.9 Å². The number of hydrogen-bond acceptors (Lipinski definition) is 7. The summed E-state index contributed by atoms with van der Waals surface area (Å²) in [5.41, 5.74) is 2.72. The summed E-state index contributed by atoms with van der Waals surface area (Å²) < 4.78 is 5.23. The number of guanidine groups is 1. The van der Waals surface area contributed by atoms with Gasteiger partial charge in [0.05, 0.1) is 13.7 Å². The summed E-state index contributed by atoms with van der Waals surface area (Å²) >= 11 is 0. The lowest BCUT2D eigenvalue weighted by atomic mass is 10.1. The number of ether oxygens (including phenoxy) is 1. The highest BCUT2D eigenvalue weighted by Gasteiger charge is 2.29. The molecule has 0 atom stereocenters. The van der Waals surface area contributed by atoms with Gasteiger partial charge in [-0.15, -0.1) is 0 Å². The van der Waals surface area contributed by atoms with E-state index in [1.165, 1.54) is 4.90 Å². The molecule has 1 aliphatic heterocycles. The summed E-state index contributed by atoms with van der Waals surface area (Å²) in [6.07, 6.45) is 4.04. The molecule has 0 amide bonds. The Kier molecular flexibility index (Phi) is 6.83. The minimum atomic E-state index is -0.842. The van der Waals surface area contributed by atoms with Crippen LogP contribution in [0.25, 0.3) is 0 Å². The normalized spacial score (nSPS) is 13.0. The summed E-state index contributed by atoms with van der Waals surface area (Å²) in [4.78, 5) is 39.9. The zero-order valence-electron chi connectivity index (χ0n) is 18.4. The molecule has 0 aliphatic carbocycles. The van der Waals surface area contributed by atoms with Gasteiger partial charge in [-0.3, -0.25) is 20.0 Å². The zero-order chi connectivity index (χ0) is 23.9. The second-order valence-electron chi connectivity index (χ2n) is 7.32. The number of nitrogens with zero attached hydrogens (tertiary/aromatic N) is 3. The van der Waals surface area contributed by atoms with Gasteiger partial charge in [0.1, 0.15) is 11.6 Å². The van der Waals surface area contributed by atoms with Gasteiger partial charge in [0.2, 0.25) is 0 Å². The number of methoxy groups -OCH3 is 1. The van der Waals surface area contributed by atoms with E-state index in [4.69, 9.17) is 19.8 Å². The number of carbonyl (C=O) groups excluding carboxylic acids is 2. The molecule has 1 N–H and O–H groups in total. The lowest BCUT2D eigenvalue weighted by Crippen LogP contribution is -2.45. The number of anilines is 1. The molecule has 3 aromatic rings. The molecule has 2 aromatic carbocycles. The average Bonchev–Trinajstić information content (AvgIpc) is 3.04. The maximum absolute atomic E-state index is 11.9. The smallest absolute Gasteiger partial charge is 0.360 e. The third-order valence-electron chi connectivity index (χ3n) is 4.99. The van der Waals surface area contributed by atoms with Crippen molar-refractivity contribution in [2.75, 3.05) is 12.0 Å². The van der Waals surface area contributed by atoms with Crippen LogP contribution in [-0.4, -0.2) is 35.2 Å². The predicted molar refractivity (Wildman–Crippen MR) is 124 cm³/mol. The second kappa shape index (κ2) is 10.3. The molecule has 34 heavy (non-hydrogen) atoms. The predicted octanol–water partition coefficient (Wildman–Crippen LogP) is 3.41. The molecular weight excluding hydrogens is 436 g/mol. The van der Waals surface area contributed by atoms with E-state index in [0.717, 1.165) is 28.8 Å². The molecule has 0 bridgehead atoms. The van der Waals surface area contributed by atoms with Crippen molar-refractivity contribution in [2.45, 2.75) is 13.0 Å². The molecule has 4 rings (SSSR count). The lowest BCUT2D eigenvalue weighted by Gasteiger charge is -2.29. The van der Waals surface area contributed by atoms with Crippen molar-refractivity contribution in [3.63, 3.8) is 0 Å². The number of hydrogen-bond donors (Lipinski definition) is 1. The van der Waals surface area contributed by atoms with E-state index in [1.54, 1.807) is 25.4 Å². The topological polar surface area (TPSA) is 105 Å². The summed E-state index contributed by atoms with van der Waals surface area (Å²) in [5, 5.41) is 9.26. The van der Waals surface area contributed by atoms with Gasteiger partial charge in [0, 0.05) is 30.0 Å². The van der Waals surface area contributed by atoms with Crippen LogP contribution in [0.15, 0.2) is 85.1 Å². The van der Waals surface area contributed by atoms with Gasteiger partial charge in [-0.25, -0.2) is 14.6 Å². The van der Waals surface area contributed by atoms with E-state index >= 15 is 0 Å². The van der Waals surface area contributed by atoms with Crippen LogP contribution in [0.1, 0.15) is 16.7 Å². The Balaban J connectivity index is 1.71. The minimum absolute atomic E-state index is 0.181. The first-order valence-electron chi connectivity index (χ1n) is 10.4. The summed E-state index contributed by atoms with van der Waals surface area (Å²) in [7, 11) is 1.58. The van der Waals surface area contributed by atoms with Gasteiger partial charge in [0.25, 0.3) is 5.96 Å². The Morgan fingerprint density at radius 1 is 0.941 bits per heavy atom. The lowest BCUT2D eigenvalue weighted by molar-refractivity contribution is -0.275. The second-order valence-corrected chi connectivity index (χ2v) is 7.32. The van der Waals surface area contributed by atoms with Crippen LogP contribution < -0.4 is 9.64 Å². The summed E-state index contributed by atoms with van der Waals surface area (Å²) in [6.45, 7) is 0.181. The number of benzene rings is 2. The maximum atomic E-state index is 11.9. The van der Waals surface area contributed by atoms with Crippen molar-refractivity contribution in [2.24, 2.45) is 0 Å². The number of pyridine rings is 1. The van der Waals surface area contributed by atoms with Crippen molar-refractivity contribution in [3.8, 4) is 5.75 Å². The number of carbonyl (C=O) groups is 2. The third-order valence-corrected chi connectivity index (χ3v) is 4.99. The van der Waals surface area contributed by atoms with Crippen molar-refractivity contribution in [1.82, 2.24) is 10.2 Å². The van der Waals surface area contributed by atoms with Crippen LogP contribution >= 0.6 is 0 Å². The monoisotopic (exact) mass is 458 g/mol. The molecule has 9 nitrogen and oxygen atoms in total. The van der Waals surface area contributed by atoms with Gasteiger partial charge in [-0.2, -0.15) is 0 Å². The molecule has 0 spiro atoms. The fraction of sp³-hybridized carbons (Fsp3) is 0.120. The summed E-state index contributed by atoms with van der Waals surface area (Å²) in [6, 6.07) is 20.9. The fourth-order valence-electron chi connectivity index (χ4n) is 3.35. The molecule has 172 valence electrons. The Hall–Kier alpha value is -4.66. The molecule has 1 aliphatic rings. The third kappa shape index (κ3) is 5.39. The van der Waals surface area contributed by atoms with Crippen molar-refractivity contribution < 1.29 is 24.0 Å². The summed E-state index contributed by atoms with van der Waals surface area (Å²) in [5.74, 6) is -0.934. The molecule has 0 radical (unpaired) electrons. The fourth-order valence-corrected chi connectivity index (χ4v) is 3.35. The van der Waals surface area contributed by atoms with Gasteiger partial charge in [0.15, 0.2) is 0 Å². The molecule has 0 saturated heterocycles. The van der Waals surface area contributed by atoms with Crippen LogP contribution in [0.3, 0.4) is 0 Å². The molecular formula is C25H22N4O5. The number of nitrogens with one attached hydrogen (secondary N) is 1. The Labute approximate surface area is 196 Å². The van der Waals surface area contributed by atoms with E-state index in [0.29, 0.717) is 23.2 Å². The van der Waals surface area contributed by atoms with Gasteiger partial charge >= 0.3 is 11.9 Å². The zero-order valence-corrected chi connectivity index (χ0v) is 18.4. The van der Waals surface area contributed by atoms with Crippen LogP contribution in [-0.2, 0) is 32.2 Å². The first-order chi connectivity index (χ1) is 16.5. The van der Waals surface area contributed by atoms with Crippen molar-refractivity contribution in [3.05, 3.63) is 102 Å². The standard InChI is InChI=1S/C25H22N4O5/c1-32-21-11-9-19(10-12-21)17-28(25(26)29-33-22(30)13-14-23(31)34-29)24-20(8-5-15-27-24)16-18-6-3-2-4-7-18/h2-15,26H,16-17H2,1H3. The maximum Gasteiger partial charge on any atom is 0.360 e. The Morgan fingerprint density at radius 2 is 1.62 bits per heavy atom. The van der Waals surface area contributed by atoms with E-state index in [1.807, 2.05) is 54.6 Å². The molecule has 0 fully saturated rings. The van der Waals surface area contributed by atoms with Gasteiger partial charge in [-0.1, -0.05) is 48.5 Å². The van der Waals surface area contributed by atoms with Crippen LogP contribution in [0, 0.1) is 5.41 Å². The van der Waals surface area contributed by atoms with E-state index in [-0.39, 0.29) is 6.54 Å². The highest BCUT2D eigenvalue weighted by atomic mass is 17.0. The minimum Gasteiger partial charge on any atom is -0.497 e. The molecule has 9 heteroatoms. The Morgan fingerprint density at radius 3 is 2.26 bits per heavy atom. The van der Waals surface area contributed by atoms with E-state index < -0.39 is 17.9 Å². The van der Waals surface area contributed by atoms with E-state index in [9.17, 15) is 9.59 Å². The molecule has 0 unspecified atom stereocenters. The number of rotatable bonds is 6. The van der Waals surface area contributed by atoms with E-state index in [2.05, 4.69) is 4.98 Å². The first kappa shape index (κ1) is 22.5.